The summed E-state index contributed by atoms with van der Waals surface area (Å²) in [5.41, 5.74) is 2.49. The number of aromatic nitrogens is 1. The van der Waals surface area contributed by atoms with Gasteiger partial charge in [-0.1, -0.05) is 51.1 Å². The summed E-state index contributed by atoms with van der Waals surface area (Å²) in [6, 6.07) is 13.2. The van der Waals surface area contributed by atoms with E-state index in [1.165, 1.54) is 0 Å². The van der Waals surface area contributed by atoms with E-state index in [1.54, 1.807) is 0 Å². The molecule has 2 rings (SSSR count). The third-order valence-corrected chi connectivity index (χ3v) is 2.77. The van der Waals surface area contributed by atoms with Gasteiger partial charge in [0.1, 0.15) is 0 Å². The van der Waals surface area contributed by atoms with E-state index in [2.05, 4.69) is 25.8 Å². The molecule has 0 aliphatic carbocycles. The van der Waals surface area contributed by atoms with Crippen LogP contribution in [0.3, 0.4) is 0 Å². The van der Waals surface area contributed by atoms with Crippen LogP contribution < -0.4 is 0 Å². The van der Waals surface area contributed by atoms with Crippen LogP contribution >= 0.6 is 0 Å². The number of aromatic amines is 1. The van der Waals surface area contributed by atoms with Gasteiger partial charge in [-0.3, -0.25) is 4.79 Å². The second kappa shape index (κ2) is 4.21. The third-order valence-electron chi connectivity index (χ3n) is 2.77. The van der Waals surface area contributed by atoms with Crippen molar-refractivity contribution in [3.05, 3.63) is 59.4 Å². The lowest BCUT2D eigenvalue weighted by atomic mass is 9.93. The summed E-state index contributed by atoms with van der Waals surface area (Å²) in [6.45, 7) is 6.36. The standard InChI is InChI=1S/C15H17NO/c1-15(2,3)13-10-9-12(16-13)14(17)11-7-5-4-6-8-11/h4-10,16H,1-3H3. The van der Waals surface area contributed by atoms with Gasteiger partial charge in [0.15, 0.2) is 0 Å². The van der Waals surface area contributed by atoms with E-state index >= 15 is 0 Å². The highest BCUT2D eigenvalue weighted by molar-refractivity contribution is 6.07. The van der Waals surface area contributed by atoms with E-state index in [1.807, 2.05) is 42.5 Å². The van der Waals surface area contributed by atoms with Crippen molar-refractivity contribution in [2.24, 2.45) is 0 Å². The highest BCUT2D eigenvalue weighted by atomic mass is 16.1. The van der Waals surface area contributed by atoms with Gasteiger partial charge in [0.2, 0.25) is 5.78 Å². The van der Waals surface area contributed by atoms with Crippen molar-refractivity contribution in [3.63, 3.8) is 0 Å². The van der Waals surface area contributed by atoms with Crippen molar-refractivity contribution < 1.29 is 4.79 Å². The number of H-pyrrole nitrogens is 1. The Balaban J connectivity index is 2.30. The molecule has 2 aromatic rings. The molecule has 0 saturated heterocycles. The molecule has 2 nitrogen and oxygen atoms in total. The summed E-state index contributed by atoms with van der Waals surface area (Å²) in [7, 11) is 0. The van der Waals surface area contributed by atoms with E-state index in [9.17, 15) is 4.79 Å². The number of benzene rings is 1. The molecule has 17 heavy (non-hydrogen) atoms. The molecule has 0 atom stereocenters. The van der Waals surface area contributed by atoms with Gasteiger partial charge in [-0.25, -0.2) is 0 Å². The Morgan fingerprint density at radius 1 is 1.00 bits per heavy atom. The Bertz CT molecular complexity index is 517. The van der Waals surface area contributed by atoms with Crippen molar-refractivity contribution in [1.29, 1.82) is 0 Å². The van der Waals surface area contributed by atoms with Gasteiger partial charge in [0.25, 0.3) is 0 Å². The fourth-order valence-electron chi connectivity index (χ4n) is 1.71. The quantitative estimate of drug-likeness (QED) is 0.782. The zero-order valence-corrected chi connectivity index (χ0v) is 10.4. The van der Waals surface area contributed by atoms with Crippen molar-refractivity contribution in [2.75, 3.05) is 0 Å². The lowest BCUT2D eigenvalue weighted by Gasteiger charge is -2.15. The van der Waals surface area contributed by atoms with E-state index in [-0.39, 0.29) is 11.2 Å². The van der Waals surface area contributed by atoms with Gasteiger partial charge in [-0.15, -0.1) is 0 Å². The van der Waals surface area contributed by atoms with Crippen LogP contribution in [0.25, 0.3) is 0 Å². The molecule has 0 saturated carbocycles. The van der Waals surface area contributed by atoms with Crippen molar-refractivity contribution in [2.45, 2.75) is 26.2 Å². The lowest BCUT2D eigenvalue weighted by Crippen LogP contribution is -2.12. The average Bonchev–Trinajstić information content (AvgIpc) is 2.78. The van der Waals surface area contributed by atoms with Crippen molar-refractivity contribution in [1.82, 2.24) is 4.98 Å². The van der Waals surface area contributed by atoms with E-state index in [0.717, 1.165) is 11.3 Å². The molecule has 0 bridgehead atoms. The Morgan fingerprint density at radius 3 is 2.18 bits per heavy atom. The molecule has 0 amide bonds. The fraction of sp³-hybridized carbons (Fsp3) is 0.267. The van der Waals surface area contributed by atoms with Gasteiger partial charge in [0, 0.05) is 16.7 Å². The average molecular weight is 227 g/mol. The first-order chi connectivity index (χ1) is 7.98. The summed E-state index contributed by atoms with van der Waals surface area (Å²) in [6.07, 6.45) is 0. The molecule has 0 spiro atoms. The number of nitrogens with one attached hydrogen (secondary N) is 1. The monoisotopic (exact) mass is 227 g/mol. The highest BCUT2D eigenvalue weighted by Crippen LogP contribution is 2.22. The van der Waals surface area contributed by atoms with Crippen molar-refractivity contribution >= 4 is 5.78 Å². The summed E-state index contributed by atoms with van der Waals surface area (Å²) < 4.78 is 0. The molecule has 1 heterocycles. The van der Waals surface area contributed by atoms with Gasteiger partial charge in [-0.2, -0.15) is 0 Å². The number of ketones is 1. The van der Waals surface area contributed by atoms with Crippen LogP contribution in [0.15, 0.2) is 42.5 Å². The molecule has 1 aromatic carbocycles. The maximum atomic E-state index is 12.2. The fourth-order valence-corrected chi connectivity index (χ4v) is 1.71. The maximum Gasteiger partial charge on any atom is 0.209 e. The predicted molar refractivity (Wildman–Crippen MR) is 69.4 cm³/mol. The second-order valence-corrected chi connectivity index (χ2v) is 5.23. The van der Waals surface area contributed by atoms with Crippen LogP contribution in [0, 0.1) is 0 Å². The smallest absolute Gasteiger partial charge is 0.209 e. The van der Waals surface area contributed by atoms with Gasteiger partial charge >= 0.3 is 0 Å². The maximum absolute atomic E-state index is 12.2. The van der Waals surface area contributed by atoms with Crippen LogP contribution in [-0.4, -0.2) is 10.8 Å². The molecule has 0 aliphatic rings. The Labute approximate surface area is 102 Å². The van der Waals surface area contributed by atoms with Crippen LogP contribution in [0.5, 0.6) is 0 Å². The number of hydrogen-bond donors (Lipinski definition) is 1. The molecular formula is C15H17NO. The zero-order chi connectivity index (χ0) is 12.5. The van der Waals surface area contributed by atoms with Crippen molar-refractivity contribution in [3.8, 4) is 0 Å². The molecular weight excluding hydrogens is 210 g/mol. The predicted octanol–water partition coefficient (Wildman–Crippen LogP) is 3.54. The molecule has 1 aromatic heterocycles. The van der Waals surface area contributed by atoms with Gasteiger partial charge in [-0.05, 0) is 12.1 Å². The third kappa shape index (κ3) is 2.47. The minimum atomic E-state index is 0.0369. The number of hydrogen-bond acceptors (Lipinski definition) is 1. The molecule has 0 radical (unpaired) electrons. The Hall–Kier alpha value is -1.83. The summed E-state index contributed by atoms with van der Waals surface area (Å²) in [4.78, 5) is 15.4. The van der Waals surface area contributed by atoms with E-state index < -0.39 is 0 Å². The largest absolute Gasteiger partial charge is 0.355 e. The molecule has 2 heteroatoms. The van der Waals surface area contributed by atoms with E-state index in [0.29, 0.717) is 5.69 Å². The minimum Gasteiger partial charge on any atom is -0.355 e. The first kappa shape index (κ1) is 11.6. The number of carbonyl (C=O) groups is 1. The zero-order valence-electron chi connectivity index (χ0n) is 10.4. The Morgan fingerprint density at radius 2 is 1.65 bits per heavy atom. The molecule has 0 unspecified atom stereocenters. The SMILES string of the molecule is CC(C)(C)c1ccc(C(=O)c2ccccc2)[nH]1. The van der Waals surface area contributed by atoms with Crippen LogP contribution in [-0.2, 0) is 5.41 Å². The molecule has 0 fully saturated rings. The summed E-state index contributed by atoms with van der Waals surface area (Å²) >= 11 is 0. The molecule has 88 valence electrons. The topological polar surface area (TPSA) is 32.9 Å². The van der Waals surface area contributed by atoms with Crippen LogP contribution in [0.1, 0.15) is 42.5 Å². The minimum absolute atomic E-state index is 0.0369. The highest BCUT2D eigenvalue weighted by Gasteiger charge is 2.18. The summed E-state index contributed by atoms with van der Waals surface area (Å²) in [5.74, 6) is 0.0427. The lowest BCUT2D eigenvalue weighted by molar-refractivity contribution is 0.103. The summed E-state index contributed by atoms with van der Waals surface area (Å²) in [5, 5.41) is 0. The normalized spacial score (nSPS) is 11.5. The molecule has 1 N–H and O–H groups in total. The Kier molecular flexibility index (Phi) is 2.88. The molecule has 0 aliphatic heterocycles. The van der Waals surface area contributed by atoms with Crippen LogP contribution in [0.4, 0.5) is 0 Å². The number of rotatable bonds is 2. The number of carbonyl (C=O) groups excluding carboxylic acids is 1. The first-order valence-corrected chi connectivity index (χ1v) is 5.78. The van der Waals surface area contributed by atoms with E-state index in [4.69, 9.17) is 0 Å². The van der Waals surface area contributed by atoms with Gasteiger partial charge < -0.3 is 4.98 Å². The van der Waals surface area contributed by atoms with Crippen LogP contribution in [0.2, 0.25) is 0 Å². The second-order valence-electron chi connectivity index (χ2n) is 5.23. The van der Waals surface area contributed by atoms with Gasteiger partial charge in [0.05, 0.1) is 5.69 Å². The first-order valence-electron chi connectivity index (χ1n) is 5.78.